The highest BCUT2D eigenvalue weighted by Gasteiger charge is 2.64. The van der Waals surface area contributed by atoms with Gasteiger partial charge >= 0.3 is 12.1 Å². The van der Waals surface area contributed by atoms with Gasteiger partial charge in [-0.3, -0.25) is 4.79 Å². The van der Waals surface area contributed by atoms with Gasteiger partial charge in [0, 0.05) is 24.9 Å². The highest BCUT2D eigenvalue weighted by molar-refractivity contribution is 5.86. The number of carbonyl (C=O) groups is 2. The number of nitrogens with zero attached hydrogens (tertiary/aromatic N) is 1. The van der Waals surface area contributed by atoms with Gasteiger partial charge in [0.1, 0.15) is 5.76 Å². The zero-order valence-electron chi connectivity index (χ0n) is 11.5. The van der Waals surface area contributed by atoms with Crippen LogP contribution in [0.1, 0.15) is 36.6 Å². The van der Waals surface area contributed by atoms with Crippen LogP contribution in [0.5, 0.6) is 0 Å². The second-order valence-electron chi connectivity index (χ2n) is 5.83. The lowest BCUT2D eigenvalue weighted by atomic mass is 9.96. The predicted molar refractivity (Wildman–Crippen MR) is 66.8 cm³/mol. The van der Waals surface area contributed by atoms with Gasteiger partial charge in [0.2, 0.25) is 5.91 Å². The summed E-state index contributed by atoms with van der Waals surface area (Å²) in [5.74, 6) is -1.57. The molecule has 1 saturated carbocycles. The number of hydrogen-bond acceptors (Lipinski definition) is 3. The molecular formula is C14H14F3NO4. The Morgan fingerprint density at radius 3 is 2.64 bits per heavy atom. The van der Waals surface area contributed by atoms with Gasteiger partial charge in [-0.25, -0.2) is 4.79 Å². The van der Waals surface area contributed by atoms with Crippen LogP contribution < -0.4 is 0 Å². The second kappa shape index (κ2) is 4.76. The van der Waals surface area contributed by atoms with Crippen molar-refractivity contribution in [2.45, 2.75) is 37.9 Å². The first-order valence-electron chi connectivity index (χ1n) is 6.90. The summed E-state index contributed by atoms with van der Waals surface area (Å²) in [6.45, 7) is 0.0459. The van der Waals surface area contributed by atoms with E-state index in [1.807, 2.05) is 0 Å². The number of furan rings is 1. The third kappa shape index (κ3) is 2.26. The molecule has 0 bridgehead atoms. The number of hydrogen-bond donors (Lipinski definition) is 1. The second-order valence-corrected chi connectivity index (χ2v) is 5.83. The summed E-state index contributed by atoms with van der Waals surface area (Å²) in [6.07, 6.45) is -3.65. The normalized spacial score (nSPS) is 23.0. The minimum atomic E-state index is -4.43. The van der Waals surface area contributed by atoms with Crippen LogP contribution in [-0.4, -0.2) is 34.6 Å². The number of fused-ring (bicyclic) bond motifs is 1. The molecule has 5 nitrogen and oxygen atoms in total. The number of halogens is 3. The molecule has 1 aromatic heterocycles. The van der Waals surface area contributed by atoms with E-state index < -0.39 is 35.9 Å². The molecule has 22 heavy (non-hydrogen) atoms. The Kier molecular flexibility index (Phi) is 3.23. The van der Waals surface area contributed by atoms with Crippen molar-refractivity contribution in [3.8, 4) is 0 Å². The zero-order valence-corrected chi connectivity index (χ0v) is 11.5. The summed E-state index contributed by atoms with van der Waals surface area (Å²) >= 11 is 0. The lowest BCUT2D eigenvalue weighted by Crippen LogP contribution is -2.45. The summed E-state index contributed by atoms with van der Waals surface area (Å²) in [5.41, 5.74) is -1.63. The SMILES string of the molecule is O=C(O)C1c2ccoc2CCN1C(=O)CC1(C(F)(F)F)CC1. The number of carboxylic acids is 1. The molecule has 1 aliphatic heterocycles. The van der Waals surface area contributed by atoms with Crippen molar-refractivity contribution in [2.75, 3.05) is 6.54 Å². The number of carbonyl (C=O) groups excluding carboxylic acids is 1. The molecule has 0 radical (unpaired) electrons. The van der Waals surface area contributed by atoms with Crippen LogP contribution >= 0.6 is 0 Å². The fourth-order valence-electron chi connectivity index (χ4n) is 2.95. The average molecular weight is 317 g/mol. The molecule has 2 heterocycles. The van der Waals surface area contributed by atoms with Crippen LogP contribution in [0.2, 0.25) is 0 Å². The van der Waals surface area contributed by atoms with E-state index in [-0.39, 0.29) is 19.4 Å². The molecule has 1 amide bonds. The topological polar surface area (TPSA) is 70.8 Å². The lowest BCUT2D eigenvalue weighted by Gasteiger charge is -2.33. The Balaban J connectivity index is 1.82. The Morgan fingerprint density at radius 2 is 2.09 bits per heavy atom. The van der Waals surface area contributed by atoms with E-state index in [0.717, 1.165) is 4.90 Å². The van der Waals surface area contributed by atoms with Gasteiger partial charge in [-0.15, -0.1) is 0 Å². The maximum Gasteiger partial charge on any atom is 0.395 e. The molecule has 0 saturated heterocycles. The van der Waals surface area contributed by atoms with Gasteiger partial charge < -0.3 is 14.4 Å². The largest absolute Gasteiger partial charge is 0.479 e. The van der Waals surface area contributed by atoms with E-state index in [2.05, 4.69) is 0 Å². The van der Waals surface area contributed by atoms with E-state index in [0.29, 0.717) is 17.7 Å². The van der Waals surface area contributed by atoms with Gasteiger partial charge in [-0.2, -0.15) is 13.2 Å². The Morgan fingerprint density at radius 1 is 1.41 bits per heavy atom. The molecule has 2 aliphatic rings. The van der Waals surface area contributed by atoms with Crippen LogP contribution in [0.15, 0.2) is 16.7 Å². The zero-order chi connectivity index (χ0) is 16.1. The maximum atomic E-state index is 13.0. The number of rotatable bonds is 3. The highest BCUT2D eigenvalue weighted by atomic mass is 19.4. The molecule has 1 atom stereocenters. The molecule has 1 fully saturated rings. The van der Waals surface area contributed by atoms with Gasteiger partial charge in [-0.1, -0.05) is 0 Å². The van der Waals surface area contributed by atoms with E-state index in [9.17, 15) is 27.9 Å². The van der Waals surface area contributed by atoms with Gasteiger partial charge in [0.15, 0.2) is 6.04 Å². The summed E-state index contributed by atoms with van der Waals surface area (Å²) < 4.78 is 44.1. The van der Waals surface area contributed by atoms with Crippen molar-refractivity contribution in [1.82, 2.24) is 4.90 Å². The molecule has 120 valence electrons. The van der Waals surface area contributed by atoms with E-state index in [1.165, 1.54) is 12.3 Å². The highest BCUT2D eigenvalue weighted by Crippen LogP contribution is 2.60. The molecule has 0 spiro atoms. The first kappa shape index (κ1) is 14.9. The first-order chi connectivity index (χ1) is 10.3. The first-order valence-corrected chi connectivity index (χ1v) is 6.90. The number of amides is 1. The molecule has 0 aromatic carbocycles. The minimum Gasteiger partial charge on any atom is -0.479 e. The maximum absolute atomic E-state index is 13.0. The van der Waals surface area contributed by atoms with Crippen molar-refractivity contribution in [3.63, 3.8) is 0 Å². The summed E-state index contributed by atoms with van der Waals surface area (Å²) in [4.78, 5) is 24.7. The Labute approximate surface area is 123 Å². The van der Waals surface area contributed by atoms with E-state index in [4.69, 9.17) is 4.42 Å². The van der Waals surface area contributed by atoms with Crippen LogP contribution in [0.25, 0.3) is 0 Å². The Hall–Kier alpha value is -1.99. The van der Waals surface area contributed by atoms with Crippen LogP contribution in [0.3, 0.4) is 0 Å². The monoisotopic (exact) mass is 317 g/mol. The van der Waals surface area contributed by atoms with E-state index >= 15 is 0 Å². The van der Waals surface area contributed by atoms with Crippen molar-refractivity contribution >= 4 is 11.9 Å². The van der Waals surface area contributed by atoms with Gasteiger partial charge in [0.05, 0.1) is 11.7 Å². The quantitative estimate of drug-likeness (QED) is 0.930. The number of aliphatic carboxylic acids is 1. The number of carboxylic acid groups (broad SMARTS) is 1. The van der Waals surface area contributed by atoms with Crippen LogP contribution in [0, 0.1) is 5.41 Å². The molecule has 3 rings (SSSR count). The molecule has 1 N–H and O–H groups in total. The third-order valence-electron chi connectivity index (χ3n) is 4.46. The summed E-state index contributed by atoms with van der Waals surface area (Å²) in [7, 11) is 0. The van der Waals surface area contributed by atoms with Crippen molar-refractivity contribution < 1.29 is 32.3 Å². The summed E-state index contributed by atoms with van der Waals surface area (Å²) in [5, 5.41) is 9.34. The van der Waals surface area contributed by atoms with Gasteiger partial charge in [-0.05, 0) is 18.9 Å². The van der Waals surface area contributed by atoms with E-state index in [1.54, 1.807) is 0 Å². The van der Waals surface area contributed by atoms with Gasteiger partial charge in [0.25, 0.3) is 0 Å². The molecule has 8 heteroatoms. The molecule has 1 unspecified atom stereocenters. The van der Waals surface area contributed by atoms with Crippen molar-refractivity contribution in [2.24, 2.45) is 5.41 Å². The Bertz CT molecular complexity index is 618. The van der Waals surface area contributed by atoms with Crippen LogP contribution in [0.4, 0.5) is 13.2 Å². The standard InChI is InChI=1S/C14H14F3NO4/c15-14(16,17)13(3-4-13)7-10(19)18-5-1-9-8(2-6-22-9)11(18)12(20)21/h2,6,11H,1,3-5,7H2,(H,20,21). The lowest BCUT2D eigenvalue weighted by molar-refractivity contribution is -0.193. The van der Waals surface area contributed by atoms with Crippen molar-refractivity contribution in [3.05, 3.63) is 23.7 Å². The molecule has 1 aromatic rings. The third-order valence-corrected chi connectivity index (χ3v) is 4.46. The van der Waals surface area contributed by atoms with Crippen molar-refractivity contribution in [1.29, 1.82) is 0 Å². The molecule has 1 aliphatic carbocycles. The number of alkyl halides is 3. The average Bonchev–Trinajstić information content (AvgIpc) is 3.06. The van der Waals surface area contributed by atoms with Crippen LogP contribution in [-0.2, 0) is 16.0 Å². The fraction of sp³-hybridized carbons (Fsp3) is 0.571. The summed E-state index contributed by atoms with van der Waals surface area (Å²) in [6, 6.07) is 0.170. The fourth-order valence-corrected chi connectivity index (χ4v) is 2.95. The predicted octanol–water partition coefficient (Wildman–Crippen LogP) is 2.52. The smallest absolute Gasteiger partial charge is 0.395 e. The molecular weight excluding hydrogens is 303 g/mol. The minimum absolute atomic E-state index is 0.0459.